The summed E-state index contributed by atoms with van der Waals surface area (Å²) in [5.41, 5.74) is 15.4. The third-order valence-electron chi connectivity index (χ3n) is 15.6. The molecule has 4 saturated heterocycles. The maximum absolute atomic E-state index is 15.0. The number of nitrogens with one attached hydrogen (secondary N) is 1. The number of nitrogen functional groups attached to an aromatic ring is 3. The molecule has 5 aromatic rings. The number of nitrogens with two attached hydrogens (primary N) is 3. The van der Waals surface area contributed by atoms with E-state index in [0.717, 1.165) is 19.9 Å². The van der Waals surface area contributed by atoms with Crippen LogP contribution in [-0.4, -0.2) is 228 Å². The predicted octanol–water partition coefficient (Wildman–Crippen LogP) is -2.43. The van der Waals surface area contributed by atoms with Crippen LogP contribution in [-0.2, 0) is 117 Å². The largest absolute Gasteiger partial charge is 0.780 e. The normalized spacial score (nSPS) is 29.3. The third-order valence-corrected chi connectivity index (χ3v) is 19.7. The number of aromatic nitrogens is 10. The van der Waals surface area contributed by atoms with Gasteiger partial charge in [-0.15, -0.1) is 0 Å². The van der Waals surface area contributed by atoms with E-state index >= 15 is 4.89 Å². The van der Waals surface area contributed by atoms with Gasteiger partial charge < -0.3 is 128 Å². The van der Waals surface area contributed by atoms with Crippen LogP contribution in [0.15, 0.2) is 50.4 Å². The minimum atomic E-state index is -5.57. The van der Waals surface area contributed by atoms with Crippen molar-refractivity contribution < 1.29 is 108 Å². The van der Waals surface area contributed by atoms with Gasteiger partial charge in [-0.05, 0) is 27.7 Å². The molecular weight excluding hydrogens is 1400 g/mol. The lowest BCUT2D eigenvalue weighted by Gasteiger charge is -2.36. The number of hydrogen-bond donors (Lipinski definition) is 5. The number of hydrogen-bond acceptors (Lipinski definition) is 37. The third kappa shape index (κ3) is 18.2. The summed E-state index contributed by atoms with van der Waals surface area (Å²) in [6.45, 7) is -7.59. The number of rotatable bonds is 35. The molecule has 97 heavy (non-hydrogen) atoms. The Morgan fingerprint density at radius 2 is 1.04 bits per heavy atom. The van der Waals surface area contributed by atoms with E-state index in [2.05, 4.69) is 29.9 Å². The quantitative estimate of drug-likeness (QED) is 0.0160. The Kier molecular flexibility index (Phi) is 26.1. The predicted molar refractivity (Wildman–Crippen MR) is 334 cm³/mol. The molecule has 5 aromatic heterocycles. The average Bonchev–Trinajstić information content (AvgIpc) is 1.66. The monoisotopic (exact) mass is 1470 g/mol. The molecule has 0 bridgehead atoms. The second-order valence-corrected chi connectivity index (χ2v) is 29.0. The molecule has 9 rings (SSSR count). The molecule has 7 unspecified atom stereocenters. The van der Waals surface area contributed by atoms with Gasteiger partial charge in [0.25, 0.3) is 13.4 Å². The summed E-state index contributed by atoms with van der Waals surface area (Å²) in [6, 6.07) is 0. The van der Waals surface area contributed by atoms with Crippen molar-refractivity contribution in [2.45, 2.75) is 126 Å². The van der Waals surface area contributed by atoms with Gasteiger partial charge in [0.2, 0.25) is 0 Å². The van der Waals surface area contributed by atoms with Crippen LogP contribution in [0.5, 0.6) is 0 Å². The van der Waals surface area contributed by atoms with Gasteiger partial charge in [-0.25, -0.2) is 29.3 Å². The van der Waals surface area contributed by atoms with Gasteiger partial charge in [-0.1, -0.05) is 11.8 Å². The van der Waals surface area contributed by atoms with E-state index in [9.17, 15) is 38.3 Å². The maximum atomic E-state index is 15.0. The number of fused-ring (bicyclic) bond motifs is 1. The van der Waals surface area contributed by atoms with Crippen molar-refractivity contribution in [1.82, 2.24) is 48.2 Å². The van der Waals surface area contributed by atoms with E-state index < -0.39 is 162 Å². The summed E-state index contributed by atoms with van der Waals surface area (Å²) in [5.74, 6) is -0.149. The van der Waals surface area contributed by atoms with Crippen molar-refractivity contribution in [3.63, 3.8) is 0 Å². The second-order valence-electron chi connectivity index (χ2n) is 22.2. The van der Waals surface area contributed by atoms with Crippen LogP contribution in [0.1, 0.15) is 48.5 Å². The SMILES string of the molecule is COCCO[C@H]1C(O)[C@@H](COP(=O)([S-])OC2[C@@H](COP([O-])(=S)OC3[C@@H](COP(=O)([O-])OC4[C@@H](C)O[C@@H](n5cnc6c(N)ncnc65)[C@H]4OCCOC)O[C@@H](n4cc(C)c(N)nc4=O)[C@H]3OCCOC)O[C@@H](n3cc(C)c(=O)[nH]c3=O)[C@H]2OCCOC)O[C@H]1n1cc(C)c(N)nc1=O. The molecular formula is C52H75N13O27P3S2-3. The number of aromatic amines is 1. The van der Waals surface area contributed by atoms with Gasteiger partial charge in [0.05, 0.1) is 85.1 Å². The standard InChI is InChI=1S/C52H78N13O27P3S2/c1-25-17-62(50(68)59-41(25)53)46-37(79-13-9-75-5)33(66)29(87-46)20-84-94(73,96)92-36-31(89-48(40(36)82-16-12-78-8)64-19-27(3)45(67)61-52(64)70)22-85-95(74,97)91-35-30(88-47(39(35)81-15-11-77-7)63-18-26(2)42(54)60-51(63)69)21-83-93(71,72)90-34-28(4)86-49(38(34)80-14-10-76-6)65-24-58-32-43(55)56-23-57-44(32)65/h17-19,23-24,28-31,33-40,46-49,66H,9-16,20-22H2,1-8H3,(H,71,72)(H,73,96)(H,74,97)(H2,53,59,68)(H2,54,60,69)(H2,55,56,57)(H,61,67,70)/p-3/t28-,29-,30-,31-,33?,34?,35?,36?,37+,38+,39+,40+,46-,47-,48-,49-,94?,95?/m1/s1. The first-order valence-electron chi connectivity index (χ1n) is 29.7. The molecule has 540 valence electrons. The van der Waals surface area contributed by atoms with Crippen LogP contribution in [0.3, 0.4) is 0 Å². The molecule has 0 saturated carbocycles. The Labute approximate surface area is 561 Å². The molecule has 8 N–H and O–H groups in total. The number of methoxy groups -OCH3 is 4. The van der Waals surface area contributed by atoms with Crippen LogP contribution < -0.4 is 49.6 Å². The van der Waals surface area contributed by atoms with Crippen LogP contribution in [0, 0.1) is 20.8 Å². The van der Waals surface area contributed by atoms with Crippen LogP contribution in [0.4, 0.5) is 17.5 Å². The first-order chi connectivity index (χ1) is 46.1. The fourth-order valence-corrected chi connectivity index (χ4v) is 14.6. The number of anilines is 3. The number of phosphoric acid groups is 1. The van der Waals surface area contributed by atoms with E-state index in [1.165, 1.54) is 78.8 Å². The maximum Gasteiger partial charge on any atom is 0.351 e. The summed E-state index contributed by atoms with van der Waals surface area (Å²) in [6.07, 6.45) is -17.5. The molecule has 45 heteroatoms. The minimum absolute atomic E-state index is 0.0142. The number of imidazole rings is 1. The topological polar surface area (TPSA) is 513 Å². The molecule has 4 aliphatic heterocycles. The molecule has 4 fully saturated rings. The molecule has 4 aliphatic rings. The zero-order valence-corrected chi connectivity index (χ0v) is 57.7. The summed E-state index contributed by atoms with van der Waals surface area (Å²) in [5, 5.41) is 11.6. The van der Waals surface area contributed by atoms with E-state index in [0.29, 0.717) is 5.56 Å². The van der Waals surface area contributed by atoms with Gasteiger partial charge in [0.1, 0.15) is 97.3 Å². The summed E-state index contributed by atoms with van der Waals surface area (Å²) in [7, 11) is -0.0168. The van der Waals surface area contributed by atoms with Crippen molar-refractivity contribution in [2.24, 2.45) is 0 Å². The zero-order valence-electron chi connectivity index (χ0n) is 53.4. The highest BCUT2D eigenvalue weighted by Gasteiger charge is 2.54. The molecule has 9 heterocycles. The first-order valence-corrected chi connectivity index (χ1v) is 36.3. The van der Waals surface area contributed by atoms with Gasteiger partial charge >= 0.3 is 17.1 Å². The van der Waals surface area contributed by atoms with Crippen LogP contribution in [0.25, 0.3) is 11.2 Å². The molecule has 0 radical (unpaired) electrons. The van der Waals surface area contributed by atoms with E-state index in [-0.39, 0.29) is 92.6 Å². The Bertz CT molecular complexity index is 3910. The smallest absolute Gasteiger partial charge is 0.351 e. The Hall–Kier alpha value is -4.99. The molecule has 0 aromatic carbocycles. The number of nitrogens with zero attached hydrogens (tertiary/aromatic N) is 9. The fourth-order valence-electron chi connectivity index (χ4n) is 10.8. The van der Waals surface area contributed by atoms with Crippen molar-refractivity contribution in [1.29, 1.82) is 0 Å². The van der Waals surface area contributed by atoms with Crippen molar-refractivity contribution >= 4 is 74.0 Å². The number of H-pyrrole nitrogens is 1. The summed E-state index contributed by atoms with van der Waals surface area (Å²) < 4.78 is 139. The van der Waals surface area contributed by atoms with Crippen molar-refractivity contribution in [3.05, 3.63) is 89.7 Å². The summed E-state index contributed by atoms with van der Waals surface area (Å²) >= 11 is 11.0. The zero-order chi connectivity index (χ0) is 70.3. The highest BCUT2D eigenvalue weighted by molar-refractivity contribution is 8.32. The van der Waals surface area contributed by atoms with Gasteiger partial charge in [0.15, 0.2) is 43.2 Å². The molecule has 0 spiro atoms. The minimum Gasteiger partial charge on any atom is -0.780 e. The molecule has 19 atom stereocenters. The fraction of sp³-hybridized carbons (Fsp3) is 0.673. The molecule has 0 aliphatic carbocycles. The van der Waals surface area contributed by atoms with Gasteiger partial charge in [-0.2, -0.15) is 9.97 Å². The average molecular weight is 1470 g/mol. The second kappa shape index (κ2) is 33.2. The lowest BCUT2D eigenvalue weighted by Crippen LogP contribution is -2.42. The number of aliphatic hydroxyl groups excluding tert-OH is 1. The van der Waals surface area contributed by atoms with Crippen molar-refractivity contribution in [3.8, 4) is 0 Å². The lowest BCUT2D eigenvalue weighted by molar-refractivity contribution is -0.237. The first kappa shape index (κ1) is 76.2. The highest BCUT2D eigenvalue weighted by atomic mass is 32.7. The number of aliphatic hydroxyl groups is 1. The Morgan fingerprint density at radius 3 is 1.60 bits per heavy atom. The van der Waals surface area contributed by atoms with E-state index in [1.807, 2.05) is 0 Å². The van der Waals surface area contributed by atoms with Gasteiger partial charge in [-0.3, -0.25) is 37.2 Å². The van der Waals surface area contributed by atoms with E-state index in [1.54, 1.807) is 6.92 Å². The Morgan fingerprint density at radius 1 is 0.577 bits per heavy atom. The number of ether oxygens (including phenoxy) is 12. The van der Waals surface area contributed by atoms with Crippen LogP contribution >= 0.6 is 21.3 Å². The number of phosphoric ester groups is 1. The van der Waals surface area contributed by atoms with Crippen molar-refractivity contribution in [2.75, 3.05) is 118 Å². The van der Waals surface area contributed by atoms with Crippen LogP contribution in [0.2, 0.25) is 0 Å². The van der Waals surface area contributed by atoms with Gasteiger partial charge in [0, 0.05) is 63.7 Å². The lowest BCUT2D eigenvalue weighted by atomic mass is 10.1. The molecule has 40 nitrogen and oxygen atoms in total. The highest BCUT2D eigenvalue weighted by Crippen LogP contribution is 2.54. The Balaban J connectivity index is 0.998. The van der Waals surface area contributed by atoms with E-state index in [4.69, 9.17) is 125 Å². The number of aryl methyl sites for hydroxylation is 3. The summed E-state index contributed by atoms with van der Waals surface area (Å²) in [4.78, 5) is 105. The molecule has 0 amide bonds.